The number of hydrogen-bond donors (Lipinski definition) is 3. The van der Waals surface area contributed by atoms with Gasteiger partial charge in [0.1, 0.15) is 5.75 Å². The Morgan fingerprint density at radius 1 is 0.977 bits per heavy atom. The molecule has 0 spiro atoms. The number of aliphatic hydroxyl groups excluding tert-OH is 1. The summed E-state index contributed by atoms with van der Waals surface area (Å²) in [6.07, 6.45) is -5.22. The summed E-state index contributed by atoms with van der Waals surface area (Å²) in [6, 6.07) is 17.6. The Morgan fingerprint density at radius 3 is 2.21 bits per heavy atom. The molecule has 8 nitrogen and oxygen atoms in total. The lowest BCUT2D eigenvalue weighted by molar-refractivity contribution is -0.274. The summed E-state index contributed by atoms with van der Waals surface area (Å²) in [4.78, 5) is 39.2. The number of carbonyl (C=O) groups excluding carboxylic acids is 2. The average molecular weight is 619 g/mol. The fourth-order valence-electron chi connectivity index (χ4n) is 5.23. The summed E-state index contributed by atoms with van der Waals surface area (Å²) in [6.45, 7) is 1.88. The Bertz CT molecular complexity index is 1460. The third kappa shape index (κ3) is 8.05. The lowest BCUT2D eigenvalue weighted by Gasteiger charge is -2.31. The quantitative estimate of drug-likeness (QED) is 0.257. The summed E-state index contributed by atoms with van der Waals surface area (Å²) >= 11 is 6.14. The molecule has 12 heteroatoms. The molecule has 1 aliphatic heterocycles. The maximum atomic E-state index is 14.2. The van der Waals surface area contributed by atoms with Crippen LogP contribution in [-0.4, -0.2) is 51.9 Å². The molecule has 4 rings (SSSR count). The van der Waals surface area contributed by atoms with Crippen LogP contribution in [0.1, 0.15) is 64.2 Å². The highest BCUT2D eigenvalue weighted by atomic mass is 35.5. The Balaban J connectivity index is 1.61. The number of nitrogens with one attached hydrogen (secondary N) is 1. The summed E-state index contributed by atoms with van der Waals surface area (Å²) in [5, 5.41) is 21.1. The molecule has 0 saturated carbocycles. The van der Waals surface area contributed by atoms with Crippen molar-refractivity contribution in [3.8, 4) is 5.75 Å². The minimum atomic E-state index is -4.83. The number of aliphatic carboxylic acids is 1. The molecule has 0 aromatic heterocycles. The van der Waals surface area contributed by atoms with Crippen LogP contribution in [0.25, 0.3) is 0 Å². The second kappa shape index (κ2) is 13.5. The molecule has 2 amide bonds. The van der Waals surface area contributed by atoms with Gasteiger partial charge in [0.25, 0.3) is 5.91 Å². The maximum absolute atomic E-state index is 14.2. The van der Waals surface area contributed by atoms with E-state index in [4.69, 9.17) is 16.7 Å². The molecule has 0 bridgehead atoms. The minimum absolute atomic E-state index is 0.119. The minimum Gasteiger partial charge on any atom is -0.479 e. The fourth-order valence-corrected chi connectivity index (χ4v) is 5.36. The van der Waals surface area contributed by atoms with E-state index in [2.05, 4.69) is 10.1 Å². The summed E-state index contributed by atoms with van der Waals surface area (Å²) in [5.41, 5.74) is 3.05. The van der Waals surface area contributed by atoms with Gasteiger partial charge in [-0.3, -0.25) is 9.59 Å². The first kappa shape index (κ1) is 31.8. The van der Waals surface area contributed by atoms with Crippen LogP contribution >= 0.6 is 11.6 Å². The van der Waals surface area contributed by atoms with Crippen LogP contribution in [0.15, 0.2) is 66.7 Å². The van der Waals surface area contributed by atoms with Gasteiger partial charge >= 0.3 is 12.3 Å². The maximum Gasteiger partial charge on any atom is 0.573 e. The van der Waals surface area contributed by atoms with Crippen LogP contribution in [0.5, 0.6) is 5.75 Å². The zero-order valence-electron chi connectivity index (χ0n) is 23.1. The van der Waals surface area contributed by atoms with Gasteiger partial charge in [-0.15, -0.1) is 13.2 Å². The predicted molar refractivity (Wildman–Crippen MR) is 152 cm³/mol. The standard InChI is InChI=1S/C31H30ClF3N2O6/c1-2-3-25(18-4-6-20(7-5-18)28(39)36-15-26(38)30(41)42)27(19-8-11-23(32)12-9-19)29(40)37-16-21-10-13-24(14-22(21)17-37)43-31(33,34)35/h4-14,25-27,38H,2-3,15-17H2,1H3,(H,36,39)(H,41,42). The van der Waals surface area contributed by atoms with Gasteiger partial charge in [-0.25, -0.2) is 4.79 Å². The molecule has 1 heterocycles. The summed E-state index contributed by atoms with van der Waals surface area (Å²) in [5.74, 6) is -3.56. The number of aliphatic hydroxyl groups is 1. The molecule has 3 aromatic carbocycles. The van der Waals surface area contributed by atoms with E-state index in [1.54, 1.807) is 53.4 Å². The van der Waals surface area contributed by atoms with Gasteiger partial charge in [-0.05, 0) is 71.0 Å². The molecule has 1 aliphatic rings. The third-order valence-corrected chi connectivity index (χ3v) is 7.54. The smallest absolute Gasteiger partial charge is 0.479 e. The molecule has 228 valence electrons. The highest BCUT2D eigenvalue weighted by Gasteiger charge is 2.37. The van der Waals surface area contributed by atoms with Crippen LogP contribution < -0.4 is 10.1 Å². The van der Waals surface area contributed by atoms with Gasteiger partial charge in [0.15, 0.2) is 6.10 Å². The Hall–Kier alpha value is -4.09. The highest BCUT2D eigenvalue weighted by Crippen LogP contribution is 2.40. The van der Waals surface area contributed by atoms with Crippen molar-refractivity contribution in [1.29, 1.82) is 0 Å². The van der Waals surface area contributed by atoms with Crippen molar-refractivity contribution in [1.82, 2.24) is 10.2 Å². The van der Waals surface area contributed by atoms with Gasteiger partial charge < -0.3 is 25.2 Å². The zero-order valence-corrected chi connectivity index (χ0v) is 23.9. The molecule has 43 heavy (non-hydrogen) atoms. The number of halogens is 4. The number of amides is 2. The molecule has 3 N–H and O–H groups in total. The number of alkyl halides is 3. The van der Waals surface area contributed by atoms with E-state index < -0.39 is 36.8 Å². The largest absolute Gasteiger partial charge is 0.573 e. The van der Waals surface area contributed by atoms with E-state index in [1.165, 1.54) is 18.2 Å². The molecule has 0 aliphatic carbocycles. The van der Waals surface area contributed by atoms with Gasteiger partial charge in [0, 0.05) is 23.7 Å². The van der Waals surface area contributed by atoms with Crippen molar-refractivity contribution in [3.05, 3.63) is 99.6 Å². The fraction of sp³-hybridized carbons (Fsp3) is 0.323. The van der Waals surface area contributed by atoms with Crippen LogP contribution in [0.3, 0.4) is 0 Å². The third-order valence-electron chi connectivity index (χ3n) is 7.28. The topological polar surface area (TPSA) is 116 Å². The summed E-state index contributed by atoms with van der Waals surface area (Å²) < 4.78 is 42.3. The number of hydrogen-bond acceptors (Lipinski definition) is 5. The number of ether oxygens (including phenoxy) is 1. The van der Waals surface area contributed by atoms with E-state index in [0.717, 1.165) is 23.1 Å². The van der Waals surface area contributed by atoms with Crippen LogP contribution in [0.2, 0.25) is 5.02 Å². The Morgan fingerprint density at radius 2 is 1.60 bits per heavy atom. The van der Waals surface area contributed by atoms with Crippen molar-refractivity contribution in [2.75, 3.05) is 6.54 Å². The van der Waals surface area contributed by atoms with E-state index in [9.17, 15) is 32.7 Å². The molecule has 0 saturated heterocycles. The molecule has 3 unspecified atom stereocenters. The Kier molecular flexibility index (Phi) is 9.98. The van der Waals surface area contributed by atoms with Gasteiger partial charge in [0.05, 0.1) is 12.5 Å². The number of rotatable bonds is 11. The van der Waals surface area contributed by atoms with Crippen molar-refractivity contribution >= 4 is 29.4 Å². The first-order valence-electron chi connectivity index (χ1n) is 13.6. The predicted octanol–water partition coefficient (Wildman–Crippen LogP) is 5.62. The molecule has 0 fully saturated rings. The monoisotopic (exact) mass is 618 g/mol. The SMILES string of the molecule is CCCC(c1ccc(C(=O)NCC(O)C(=O)O)cc1)C(C(=O)N1Cc2ccc(OC(F)(F)F)cc2C1)c1ccc(Cl)cc1. The van der Waals surface area contributed by atoms with Gasteiger partial charge in [-0.1, -0.05) is 55.3 Å². The Labute approximate surface area is 251 Å². The second-order valence-corrected chi connectivity index (χ2v) is 10.7. The molecule has 3 atom stereocenters. The lowest BCUT2D eigenvalue weighted by Crippen LogP contribution is -2.36. The first-order valence-corrected chi connectivity index (χ1v) is 13.9. The van der Waals surface area contributed by atoms with Crippen molar-refractivity contribution in [3.63, 3.8) is 0 Å². The van der Waals surface area contributed by atoms with E-state index >= 15 is 0 Å². The average Bonchev–Trinajstić information content (AvgIpc) is 3.39. The first-order chi connectivity index (χ1) is 20.4. The normalized spacial score (nSPS) is 14.9. The molecular formula is C31H30ClF3N2O6. The van der Waals surface area contributed by atoms with Gasteiger partial charge in [-0.2, -0.15) is 0 Å². The zero-order chi connectivity index (χ0) is 31.3. The van der Waals surface area contributed by atoms with Crippen LogP contribution in [0.4, 0.5) is 13.2 Å². The number of nitrogens with zero attached hydrogens (tertiary/aromatic N) is 1. The number of benzene rings is 3. The molecule has 0 radical (unpaired) electrons. The highest BCUT2D eigenvalue weighted by molar-refractivity contribution is 6.30. The van der Waals surface area contributed by atoms with Gasteiger partial charge in [0.2, 0.25) is 5.91 Å². The van der Waals surface area contributed by atoms with Crippen molar-refractivity contribution in [2.24, 2.45) is 0 Å². The van der Waals surface area contributed by atoms with E-state index in [1.807, 2.05) is 6.92 Å². The van der Waals surface area contributed by atoms with Crippen LogP contribution in [0, 0.1) is 0 Å². The number of carboxylic acids is 1. The van der Waals surface area contributed by atoms with Crippen molar-refractivity contribution < 1.29 is 42.5 Å². The molecular weight excluding hydrogens is 589 g/mol. The number of carbonyl (C=O) groups is 3. The van der Waals surface area contributed by atoms with E-state index in [-0.39, 0.29) is 36.2 Å². The summed E-state index contributed by atoms with van der Waals surface area (Å²) in [7, 11) is 0. The second-order valence-electron chi connectivity index (χ2n) is 10.3. The van der Waals surface area contributed by atoms with Crippen molar-refractivity contribution in [2.45, 2.75) is 57.2 Å². The molecule has 3 aromatic rings. The van der Waals surface area contributed by atoms with E-state index in [0.29, 0.717) is 17.0 Å². The lowest BCUT2D eigenvalue weighted by atomic mass is 9.77. The van der Waals surface area contributed by atoms with Crippen LogP contribution in [-0.2, 0) is 22.7 Å². The number of carboxylic acid groups (broad SMARTS) is 1. The number of fused-ring (bicyclic) bond motifs is 1.